The first-order valence-electron chi connectivity index (χ1n) is 5.67. The van der Waals surface area contributed by atoms with E-state index in [0.29, 0.717) is 6.42 Å². The lowest BCUT2D eigenvalue weighted by Gasteiger charge is -2.31. The first kappa shape index (κ1) is 13.8. The molecule has 0 saturated heterocycles. The van der Waals surface area contributed by atoms with E-state index in [1.807, 2.05) is 31.2 Å². The molecule has 3 nitrogen and oxygen atoms in total. The molecule has 18 heavy (non-hydrogen) atoms. The van der Waals surface area contributed by atoms with Gasteiger partial charge in [-0.25, -0.2) is 4.99 Å². The molecular formula is C13H14BrNO2S. The number of thioether (sulfide) groups is 1. The van der Waals surface area contributed by atoms with Crippen LogP contribution in [0.4, 0.5) is 0 Å². The van der Waals surface area contributed by atoms with E-state index < -0.39 is 5.72 Å². The summed E-state index contributed by atoms with van der Waals surface area (Å²) in [5.41, 5.74) is 1.69. The molecule has 1 aromatic rings. The molecule has 0 saturated carbocycles. The monoisotopic (exact) mass is 327 g/mol. The van der Waals surface area contributed by atoms with Gasteiger partial charge in [0.25, 0.3) is 0 Å². The van der Waals surface area contributed by atoms with Crippen molar-refractivity contribution in [3.8, 4) is 0 Å². The molecule has 0 fully saturated rings. The molecule has 1 aromatic carbocycles. The zero-order valence-electron chi connectivity index (χ0n) is 10.2. The third-order valence-corrected chi connectivity index (χ3v) is 4.78. The average Bonchev–Trinajstić information content (AvgIpc) is 2.83. The van der Waals surface area contributed by atoms with Gasteiger partial charge in [-0.3, -0.25) is 4.79 Å². The van der Waals surface area contributed by atoms with Crippen molar-refractivity contribution < 1.29 is 9.53 Å². The Balaban J connectivity index is 2.51. The molecule has 2 atom stereocenters. The molecule has 0 bridgehead atoms. The number of Topliss-reactive ketones (excluding diaryl/α,β-unsaturated/α-hetero) is 1. The molecule has 0 spiro atoms. The maximum absolute atomic E-state index is 12.1. The number of methoxy groups -OCH3 is 1. The van der Waals surface area contributed by atoms with Gasteiger partial charge in [0.1, 0.15) is 5.25 Å². The zero-order valence-corrected chi connectivity index (χ0v) is 12.6. The van der Waals surface area contributed by atoms with E-state index in [0.717, 1.165) is 10.0 Å². The molecule has 5 heteroatoms. The minimum absolute atomic E-state index is 0.148. The van der Waals surface area contributed by atoms with E-state index in [9.17, 15) is 4.79 Å². The summed E-state index contributed by atoms with van der Waals surface area (Å²) in [7, 11) is 1.60. The first-order chi connectivity index (χ1) is 8.65. The van der Waals surface area contributed by atoms with Crippen LogP contribution in [-0.2, 0) is 15.3 Å². The molecule has 2 rings (SSSR count). The number of hydrogen-bond donors (Lipinski definition) is 0. The van der Waals surface area contributed by atoms with Gasteiger partial charge in [0.2, 0.25) is 5.72 Å². The van der Waals surface area contributed by atoms with Crippen LogP contribution >= 0.6 is 27.7 Å². The van der Waals surface area contributed by atoms with Gasteiger partial charge < -0.3 is 4.74 Å². The van der Waals surface area contributed by atoms with Crippen molar-refractivity contribution in [3.05, 3.63) is 34.3 Å². The van der Waals surface area contributed by atoms with Crippen molar-refractivity contribution in [2.24, 2.45) is 4.99 Å². The van der Waals surface area contributed by atoms with Crippen molar-refractivity contribution in [1.29, 1.82) is 0 Å². The van der Waals surface area contributed by atoms with E-state index in [2.05, 4.69) is 20.9 Å². The smallest absolute Gasteiger partial charge is 0.205 e. The molecule has 0 radical (unpaired) electrons. The van der Waals surface area contributed by atoms with Crippen molar-refractivity contribution in [1.82, 2.24) is 0 Å². The SMILES string of the molecule is CCC(=O)C1SC=NC1(OC)c1ccccc1Br. The predicted octanol–water partition coefficient (Wildman–Crippen LogP) is 3.37. The van der Waals surface area contributed by atoms with Crippen LogP contribution in [0.2, 0.25) is 0 Å². The van der Waals surface area contributed by atoms with E-state index in [1.165, 1.54) is 11.8 Å². The number of carbonyl (C=O) groups excluding carboxylic acids is 1. The summed E-state index contributed by atoms with van der Waals surface area (Å²) in [5, 5.41) is -0.314. The van der Waals surface area contributed by atoms with Crippen LogP contribution < -0.4 is 0 Å². The van der Waals surface area contributed by atoms with E-state index in [-0.39, 0.29) is 11.0 Å². The highest BCUT2D eigenvalue weighted by Crippen LogP contribution is 2.44. The van der Waals surface area contributed by atoms with Gasteiger partial charge in [0.15, 0.2) is 5.78 Å². The number of nitrogens with zero attached hydrogens (tertiary/aromatic N) is 1. The Morgan fingerprint density at radius 2 is 2.28 bits per heavy atom. The highest BCUT2D eigenvalue weighted by atomic mass is 79.9. The number of benzene rings is 1. The van der Waals surface area contributed by atoms with Crippen molar-refractivity contribution in [2.75, 3.05) is 7.11 Å². The van der Waals surface area contributed by atoms with Crippen LogP contribution in [-0.4, -0.2) is 23.7 Å². The first-order valence-corrected chi connectivity index (χ1v) is 7.41. The molecule has 1 aliphatic heterocycles. The summed E-state index contributed by atoms with van der Waals surface area (Å²) in [5.74, 6) is 0.148. The maximum Gasteiger partial charge on any atom is 0.205 e. The summed E-state index contributed by atoms with van der Waals surface area (Å²) in [4.78, 5) is 16.5. The van der Waals surface area contributed by atoms with Crippen molar-refractivity contribution in [2.45, 2.75) is 24.3 Å². The van der Waals surface area contributed by atoms with Crippen LogP contribution in [0.5, 0.6) is 0 Å². The van der Waals surface area contributed by atoms with Crippen LogP contribution in [0.1, 0.15) is 18.9 Å². The van der Waals surface area contributed by atoms with Gasteiger partial charge in [0.05, 0.1) is 5.55 Å². The van der Waals surface area contributed by atoms with Gasteiger partial charge >= 0.3 is 0 Å². The molecule has 0 aliphatic carbocycles. The van der Waals surface area contributed by atoms with Gasteiger partial charge in [-0.1, -0.05) is 52.8 Å². The molecule has 0 N–H and O–H groups in total. The highest BCUT2D eigenvalue weighted by molar-refractivity contribution is 9.10. The number of ketones is 1. The molecule has 96 valence electrons. The summed E-state index contributed by atoms with van der Waals surface area (Å²) in [6.45, 7) is 1.86. The van der Waals surface area contributed by atoms with E-state index >= 15 is 0 Å². The Labute approximate surface area is 119 Å². The normalized spacial score (nSPS) is 26.5. The summed E-state index contributed by atoms with van der Waals surface area (Å²) >= 11 is 4.93. The molecular weight excluding hydrogens is 314 g/mol. The maximum atomic E-state index is 12.1. The summed E-state index contributed by atoms with van der Waals surface area (Å²) in [6, 6.07) is 7.72. The molecule has 1 aliphatic rings. The Bertz CT molecular complexity index is 492. The van der Waals surface area contributed by atoms with Gasteiger partial charge in [0, 0.05) is 23.6 Å². The van der Waals surface area contributed by atoms with Gasteiger partial charge in [-0.2, -0.15) is 0 Å². The fourth-order valence-corrected chi connectivity index (χ4v) is 3.74. The van der Waals surface area contributed by atoms with E-state index in [1.54, 1.807) is 12.7 Å². The highest BCUT2D eigenvalue weighted by Gasteiger charge is 2.48. The van der Waals surface area contributed by atoms with Crippen LogP contribution in [0.3, 0.4) is 0 Å². The number of aliphatic imine (C=N–C) groups is 1. The van der Waals surface area contributed by atoms with E-state index in [4.69, 9.17) is 4.74 Å². The van der Waals surface area contributed by atoms with Crippen molar-refractivity contribution in [3.63, 3.8) is 0 Å². The van der Waals surface area contributed by atoms with Gasteiger partial charge in [-0.05, 0) is 6.07 Å². The molecule has 0 amide bonds. The van der Waals surface area contributed by atoms with Crippen LogP contribution in [0.25, 0.3) is 0 Å². The minimum atomic E-state index is -0.905. The molecule has 1 heterocycles. The Morgan fingerprint density at radius 3 is 2.89 bits per heavy atom. The van der Waals surface area contributed by atoms with Crippen molar-refractivity contribution >= 4 is 39.0 Å². The number of ether oxygens (including phenoxy) is 1. The second-order valence-electron chi connectivity index (χ2n) is 3.95. The standard InChI is InChI=1S/C13H14BrNO2S/c1-3-11(16)12-13(17-2,15-8-18-12)9-6-4-5-7-10(9)14/h4-8,12H,3H2,1-2H3. The Hall–Kier alpha value is -0.650. The lowest BCUT2D eigenvalue weighted by Crippen LogP contribution is -2.40. The fraction of sp³-hybridized carbons (Fsp3) is 0.385. The minimum Gasteiger partial charge on any atom is -0.352 e. The predicted molar refractivity (Wildman–Crippen MR) is 78.0 cm³/mol. The third-order valence-electron chi connectivity index (χ3n) is 3.01. The quantitative estimate of drug-likeness (QED) is 0.851. The number of carbonyl (C=O) groups is 1. The third kappa shape index (κ3) is 2.15. The summed E-state index contributed by atoms with van der Waals surface area (Å²) < 4.78 is 6.53. The molecule has 2 unspecified atom stereocenters. The largest absolute Gasteiger partial charge is 0.352 e. The lowest BCUT2D eigenvalue weighted by molar-refractivity contribution is -0.124. The molecule has 0 aromatic heterocycles. The second kappa shape index (κ2) is 5.55. The fourth-order valence-electron chi connectivity index (χ4n) is 2.04. The number of rotatable bonds is 4. The lowest BCUT2D eigenvalue weighted by atomic mass is 9.96. The van der Waals surface area contributed by atoms with Crippen LogP contribution in [0, 0.1) is 0 Å². The Kier molecular flexibility index (Phi) is 4.25. The van der Waals surface area contributed by atoms with Gasteiger partial charge in [-0.15, -0.1) is 0 Å². The topological polar surface area (TPSA) is 38.7 Å². The summed E-state index contributed by atoms with van der Waals surface area (Å²) in [6.07, 6.45) is 0.483. The number of hydrogen-bond acceptors (Lipinski definition) is 4. The Morgan fingerprint density at radius 1 is 1.56 bits per heavy atom. The zero-order chi connectivity index (χ0) is 13.2. The second-order valence-corrected chi connectivity index (χ2v) is 5.76. The number of halogens is 1. The average molecular weight is 328 g/mol. The van der Waals surface area contributed by atoms with Crippen LogP contribution in [0.15, 0.2) is 33.7 Å².